The highest BCUT2D eigenvalue weighted by molar-refractivity contribution is 6.30. The average molecular weight is 480 g/mol. The van der Waals surface area contributed by atoms with Crippen molar-refractivity contribution in [1.82, 2.24) is 24.3 Å². The van der Waals surface area contributed by atoms with Crippen LogP contribution in [0.15, 0.2) is 53.8 Å². The third-order valence-corrected chi connectivity index (χ3v) is 5.08. The molecular weight excluding hydrogens is 463 g/mol. The molecule has 3 heterocycles. The van der Waals surface area contributed by atoms with Crippen LogP contribution in [0, 0.1) is 0 Å². The first kappa shape index (κ1) is 22.6. The molecule has 4 aromatic rings. The Morgan fingerprint density at radius 3 is 2.61 bits per heavy atom. The third-order valence-electron chi connectivity index (χ3n) is 4.79. The number of alkyl halides is 3. The predicted molar refractivity (Wildman–Crippen MR) is 114 cm³/mol. The van der Waals surface area contributed by atoms with Gasteiger partial charge in [0.05, 0.1) is 11.1 Å². The highest BCUT2D eigenvalue weighted by Gasteiger charge is 2.38. The summed E-state index contributed by atoms with van der Waals surface area (Å²) < 4.78 is 53.4. The molecule has 0 bridgehead atoms. The van der Waals surface area contributed by atoms with Crippen LogP contribution < -0.4 is 15.2 Å². The van der Waals surface area contributed by atoms with Crippen molar-refractivity contribution >= 4 is 22.4 Å². The first-order valence-electron chi connectivity index (χ1n) is 9.78. The Hall–Kier alpha value is -3.60. The van der Waals surface area contributed by atoms with E-state index in [0.29, 0.717) is 11.9 Å². The second kappa shape index (κ2) is 8.74. The van der Waals surface area contributed by atoms with Gasteiger partial charge < -0.3 is 9.47 Å². The molecule has 1 aromatic carbocycles. The molecule has 0 spiro atoms. The Morgan fingerprint density at radius 1 is 1.15 bits per heavy atom. The van der Waals surface area contributed by atoms with Gasteiger partial charge in [0.25, 0.3) is 0 Å². The van der Waals surface area contributed by atoms with E-state index >= 15 is 0 Å². The van der Waals surface area contributed by atoms with Gasteiger partial charge >= 0.3 is 11.9 Å². The van der Waals surface area contributed by atoms with E-state index in [9.17, 15) is 18.0 Å². The Bertz CT molecular complexity index is 1370. The van der Waals surface area contributed by atoms with Crippen LogP contribution in [0.5, 0.6) is 17.4 Å². The molecule has 33 heavy (non-hydrogen) atoms. The van der Waals surface area contributed by atoms with Crippen molar-refractivity contribution < 1.29 is 22.6 Å². The van der Waals surface area contributed by atoms with Crippen LogP contribution in [0.25, 0.3) is 16.5 Å². The largest absolute Gasteiger partial charge is 0.480 e. The molecule has 4 rings (SSSR count). The quantitative estimate of drug-likeness (QED) is 0.370. The molecule has 0 amide bonds. The van der Waals surface area contributed by atoms with E-state index in [4.69, 9.17) is 21.1 Å². The van der Waals surface area contributed by atoms with Gasteiger partial charge in [0, 0.05) is 25.0 Å². The smallest absolute Gasteiger partial charge is 0.425 e. The lowest BCUT2D eigenvalue weighted by molar-refractivity contribution is -0.189. The number of benzene rings is 1. The summed E-state index contributed by atoms with van der Waals surface area (Å²) in [5, 5.41) is 4.69. The van der Waals surface area contributed by atoms with Crippen LogP contribution in [-0.2, 0) is 6.54 Å². The molecule has 0 saturated carbocycles. The summed E-state index contributed by atoms with van der Waals surface area (Å²) in [5.74, 6) is -0.0610. The molecule has 1 unspecified atom stereocenters. The molecule has 172 valence electrons. The van der Waals surface area contributed by atoms with Crippen molar-refractivity contribution in [3.8, 4) is 23.1 Å². The molecular formula is C21H17ClF3N5O3. The lowest BCUT2D eigenvalue weighted by atomic mass is 10.1. The zero-order chi connectivity index (χ0) is 23.8. The highest BCUT2D eigenvalue weighted by Crippen LogP contribution is 2.39. The van der Waals surface area contributed by atoms with Gasteiger partial charge in [-0.1, -0.05) is 11.6 Å². The predicted octanol–water partition coefficient (Wildman–Crippen LogP) is 4.77. The molecule has 0 N–H and O–H groups in total. The molecule has 3 aromatic heterocycles. The normalized spacial score (nSPS) is 12.7. The van der Waals surface area contributed by atoms with Gasteiger partial charge in [0.1, 0.15) is 12.1 Å². The first-order valence-corrected chi connectivity index (χ1v) is 10.2. The summed E-state index contributed by atoms with van der Waals surface area (Å²) in [6, 6.07) is 7.56. The minimum absolute atomic E-state index is 0.0373. The molecule has 1 atom stereocenters. The number of hydrogen-bond acceptors (Lipinski definition) is 6. The standard InChI is InChI=1S/C21H17ClF3N5O3/c1-3-29-11-28-30(20(29)31)14-9-13-6-8-27-19(33-15-5-4-7-26-18(15)22)17(13)16(10-14)32-12(2)21(23,24)25/h4-12H,3H2,1-2H3. The first-order chi connectivity index (χ1) is 15.7. The SMILES string of the molecule is CCn1cnn(-c2cc(OC(C)C(F)(F)F)c3c(Oc4cccnc4Cl)nccc3c2)c1=O. The van der Waals surface area contributed by atoms with E-state index in [-0.39, 0.29) is 33.6 Å². The number of ether oxygens (including phenoxy) is 2. The molecule has 0 aliphatic rings. The van der Waals surface area contributed by atoms with Crippen molar-refractivity contribution in [3.63, 3.8) is 0 Å². The highest BCUT2D eigenvalue weighted by atomic mass is 35.5. The minimum atomic E-state index is -4.63. The molecule has 8 nitrogen and oxygen atoms in total. The Morgan fingerprint density at radius 2 is 1.94 bits per heavy atom. The minimum Gasteiger partial charge on any atom is -0.480 e. The van der Waals surface area contributed by atoms with Gasteiger partial charge in [0.2, 0.25) is 5.88 Å². The van der Waals surface area contributed by atoms with Crippen LogP contribution in [0.3, 0.4) is 0 Å². The van der Waals surface area contributed by atoms with Crippen LogP contribution in [0.1, 0.15) is 13.8 Å². The number of nitrogens with zero attached hydrogens (tertiary/aromatic N) is 5. The van der Waals surface area contributed by atoms with Crippen molar-refractivity contribution in [2.24, 2.45) is 0 Å². The Balaban J connectivity index is 1.91. The molecule has 0 radical (unpaired) electrons. The van der Waals surface area contributed by atoms with Crippen molar-refractivity contribution in [2.45, 2.75) is 32.7 Å². The van der Waals surface area contributed by atoms with Gasteiger partial charge in [-0.15, -0.1) is 0 Å². The lowest BCUT2D eigenvalue weighted by Gasteiger charge is -2.20. The third kappa shape index (κ3) is 4.49. The van der Waals surface area contributed by atoms with E-state index < -0.39 is 18.0 Å². The maximum absolute atomic E-state index is 13.3. The lowest BCUT2D eigenvalue weighted by Crippen LogP contribution is -2.31. The van der Waals surface area contributed by atoms with E-state index in [2.05, 4.69) is 15.1 Å². The van der Waals surface area contributed by atoms with E-state index in [1.807, 2.05) is 0 Å². The van der Waals surface area contributed by atoms with Crippen molar-refractivity contribution in [2.75, 3.05) is 0 Å². The van der Waals surface area contributed by atoms with Gasteiger partial charge in [0.15, 0.2) is 17.0 Å². The summed E-state index contributed by atoms with van der Waals surface area (Å²) in [7, 11) is 0. The number of rotatable bonds is 6. The average Bonchev–Trinajstić information content (AvgIpc) is 3.15. The van der Waals surface area contributed by atoms with Gasteiger partial charge in [-0.25, -0.2) is 14.8 Å². The number of fused-ring (bicyclic) bond motifs is 1. The topological polar surface area (TPSA) is 84.1 Å². The van der Waals surface area contributed by atoms with E-state index in [0.717, 1.165) is 11.6 Å². The fraction of sp³-hybridized carbons (Fsp3) is 0.238. The van der Waals surface area contributed by atoms with Gasteiger partial charge in [-0.05, 0) is 43.5 Å². The summed E-state index contributed by atoms with van der Waals surface area (Å²) in [6.45, 7) is 3.03. The maximum Gasteiger partial charge on any atom is 0.425 e. The maximum atomic E-state index is 13.3. The summed E-state index contributed by atoms with van der Waals surface area (Å²) in [4.78, 5) is 20.6. The van der Waals surface area contributed by atoms with E-state index in [1.54, 1.807) is 31.2 Å². The number of aryl methyl sites for hydroxylation is 1. The van der Waals surface area contributed by atoms with Crippen molar-refractivity contribution in [3.05, 3.63) is 64.7 Å². The number of aromatic nitrogens is 5. The summed E-state index contributed by atoms with van der Waals surface area (Å²) in [5.41, 5.74) is -0.222. The van der Waals surface area contributed by atoms with E-state index in [1.165, 1.54) is 29.4 Å². The molecule has 0 fully saturated rings. The van der Waals surface area contributed by atoms with Crippen LogP contribution in [0.4, 0.5) is 13.2 Å². The van der Waals surface area contributed by atoms with Crippen LogP contribution in [-0.4, -0.2) is 36.6 Å². The van der Waals surface area contributed by atoms with Gasteiger partial charge in [-0.2, -0.15) is 23.0 Å². The second-order valence-corrected chi connectivity index (χ2v) is 7.32. The van der Waals surface area contributed by atoms with Crippen LogP contribution in [0.2, 0.25) is 5.15 Å². The summed E-state index contributed by atoms with van der Waals surface area (Å²) >= 11 is 6.06. The number of pyridine rings is 2. The van der Waals surface area contributed by atoms with Gasteiger partial charge in [-0.3, -0.25) is 4.57 Å². The number of hydrogen-bond donors (Lipinski definition) is 0. The zero-order valence-corrected chi connectivity index (χ0v) is 18.1. The zero-order valence-electron chi connectivity index (χ0n) is 17.4. The fourth-order valence-electron chi connectivity index (χ4n) is 3.06. The fourth-order valence-corrected chi connectivity index (χ4v) is 3.22. The monoisotopic (exact) mass is 479 g/mol. The van der Waals surface area contributed by atoms with Crippen LogP contribution >= 0.6 is 11.6 Å². The second-order valence-electron chi connectivity index (χ2n) is 6.97. The molecule has 12 heteroatoms. The Labute approximate surface area is 190 Å². The molecule has 0 aliphatic heterocycles. The molecule has 0 saturated heterocycles. The Kier molecular flexibility index (Phi) is 5.98. The molecule has 0 aliphatic carbocycles. The van der Waals surface area contributed by atoms with Crippen molar-refractivity contribution in [1.29, 1.82) is 0 Å². The number of halogens is 4. The summed E-state index contributed by atoms with van der Waals surface area (Å²) in [6.07, 6.45) is -2.55.